The molecule has 6 heteroatoms. The summed E-state index contributed by atoms with van der Waals surface area (Å²) >= 11 is 0. The second kappa shape index (κ2) is 7.84. The Kier molecular flexibility index (Phi) is 6.13. The number of nitrogens with one attached hydrogen (secondary N) is 1. The van der Waals surface area contributed by atoms with Crippen LogP contribution in [0.15, 0.2) is 30.3 Å². The number of aliphatic carboxylic acids is 1. The van der Waals surface area contributed by atoms with Crippen LogP contribution >= 0.6 is 0 Å². The lowest BCUT2D eigenvalue weighted by Crippen LogP contribution is -2.36. The van der Waals surface area contributed by atoms with Gasteiger partial charge in [-0.05, 0) is 23.3 Å². The summed E-state index contributed by atoms with van der Waals surface area (Å²) in [4.78, 5) is 34.5. The van der Waals surface area contributed by atoms with Gasteiger partial charge in [0.05, 0.1) is 6.54 Å². The van der Waals surface area contributed by atoms with Crippen molar-refractivity contribution in [3.8, 4) is 0 Å². The largest absolute Gasteiger partial charge is 0.478 e. The van der Waals surface area contributed by atoms with E-state index in [-0.39, 0.29) is 18.4 Å². The summed E-state index contributed by atoms with van der Waals surface area (Å²) in [6, 6.07) is 7.23. The van der Waals surface area contributed by atoms with Gasteiger partial charge in [0.2, 0.25) is 11.8 Å². The first-order chi connectivity index (χ1) is 9.88. The van der Waals surface area contributed by atoms with Crippen molar-refractivity contribution in [2.75, 3.05) is 13.6 Å². The second-order valence-corrected chi connectivity index (χ2v) is 4.58. The summed E-state index contributed by atoms with van der Waals surface area (Å²) in [5.41, 5.74) is 1.62. The van der Waals surface area contributed by atoms with E-state index in [1.807, 2.05) is 12.1 Å². The maximum absolute atomic E-state index is 11.8. The Morgan fingerprint density at radius 1 is 1.33 bits per heavy atom. The Labute approximate surface area is 123 Å². The number of likely N-dealkylation sites (N-methyl/N-ethyl adjacent to an activating group) is 1. The fourth-order valence-electron chi connectivity index (χ4n) is 1.66. The molecule has 0 fully saturated rings. The molecular formula is C15H18N2O4. The summed E-state index contributed by atoms with van der Waals surface area (Å²) < 4.78 is 0. The summed E-state index contributed by atoms with van der Waals surface area (Å²) in [7, 11) is 1.64. The van der Waals surface area contributed by atoms with Gasteiger partial charge in [0.1, 0.15) is 0 Å². The summed E-state index contributed by atoms with van der Waals surface area (Å²) in [6.45, 7) is 1.70. The van der Waals surface area contributed by atoms with Crippen LogP contribution in [0, 0.1) is 0 Å². The number of amides is 2. The molecule has 2 amide bonds. The van der Waals surface area contributed by atoms with E-state index in [4.69, 9.17) is 5.11 Å². The topological polar surface area (TPSA) is 86.7 Å². The monoisotopic (exact) mass is 290 g/mol. The fourth-order valence-corrected chi connectivity index (χ4v) is 1.66. The molecule has 6 nitrogen and oxygen atoms in total. The molecule has 0 unspecified atom stereocenters. The molecule has 0 aliphatic heterocycles. The predicted molar refractivity (Wildman–Crippen MR) is 78.3 cm³/mol. The van der Waals surface area contributed by atoms with Crippen LogP contribution in [-0.2, 0) is 20.9 Å². The van der Waals surface area contributed by atoms with Crippen LogP contribution in [0.5, 0.6) is 0 Å². The maximum Gasteiger partial charge on any atom is 0.328 e. The van der Waals surface area contributed by atoms with E-state index in [1.54, 1.807) is 19.2 Å². The van der Waals surface area contributed by atoms with Crippen molar-refractivity contribution < 1.29 is 19.5 Å². The molecule has 1 aromatic rings. The average Bonchev–Trinajstić information content (AvgIpc) is 2.42. The van der Waals surface area contributed by atoms with Crippen molar-refractivity contribution in [3.05, 3.63) is 41.5 Å². The number of rotatable bonds is 6. The Morgan fingerprint density at radius 2 is 2.05 bits per heavy atom. The van der Waals surface area contributed by atoms with Gasteiger partial charge in [0.15, 0.2) is 0 Å². The predicted octanol–water partition coefficient (Wildman–Crippen LogP) is 0.879. The molecule has 0 bridgehead atoms. The third-order valence-electron chi connectivity index (χ3n) is 2.70. The van der Waals surface area contributed by atoms with Gasteiger partial charge in [0.25, 0.3) is 0 Å². The van der Waals surface area contributed by atoms with Gasteiger partial charge < -0.3 is 15.3 Å². The smallest absolute Gasteiger partial charge is 0.328 e. The molecule has 0 radical (unpaired) electrons. The molecule has 0 aliphatic carbocycles. The third kappa shape index (κ3) is 6.38. The lowest BCUT2D eigenvalue weighted by Gasteiger charge is -2.17. The Morgan fingerprint density at radius 3 is 2.67 bits per heavy atom. The highest BCUT2D eigenvalue weighted by Gasteiger charge is 2.09. The van der Waals surface area contributed by atoms with Gasteiger partial charge in [-0.2, -0.15) is 0 Å². The van der Waals surface area contributed by atoms with Crippen LogP contribution in [-0.4, -0.2) is 41.4 Å². The first kappa shape index (κ1) is 16.4. The van der Waals surface area contributed by atoms with Gasteiger partial charge >= 0.3 is 5.97 Å². The van der Waals surface area contributed by atoms with Gasteiger partial charge in [-0.1, -0.05) is 18.2 Å². The van der Waals surface area contributed by atoms with Gasteiger partial charge in [0, 0.05) is 26.6 Å². The molecule has 21 heavy (non-hydrogen) atoms. The van der Waals surface area contributed by atoms with Crippen LogP contribution in [0.1, 0.15) is 18.1 Å². The molecule has 0 aliphatic rings. The van der Waals surface area contributed by atoms with Crippen molar-refractivity contribution in [2.45, 2.75) is 13.5 Å². The number of nitrogens with zero attached hydrogens (tertiary/aromatic N) is 1. The summed E-state index contributed by atoms with van der Waals surface area (Å²) in [5, 5.41) is 11.0. The van der Waals surface area contributed by atoms with Crippen molar-refractivity contribution in [2.24, 2.45) is 0 Å². The van der Waals surface area contributed by atoms with Crippen molar-refractivity contribution in [3.63, 3.8) is 0 Å². The van der Waals surface area contributed by atoms with Crippen LogP contribution in [0.25, 0.3) is 6.08 Å². The van der Waals surface area contributed by atoms with E-state index in [9.17, 15) is 14.4 Å². The van der Waals surface area contributed by atoms with Crippen LogP contribution < -0.4 is 5.32 Å². The summed E-state index contributed by atoms with van der Waals surface area (Å²) in [5.74, 6) is -1.46. The van der Waals surface area contributed by atoms with Crippen LogP contribution in [0.2, 0.25) is 0 Å². The van der Waals surface area contributed by atoms with Crippen molar-refractivity contribution in [1.82, 2.24) is 10.2 Å². The standard InChI is InChI=1S/C15H18N2O4/c1-11(18)16-9-14(19)17(2)10-13-5-3-4-12(8-13)6-7-15(20)21/h3-8H,9-10H2,1-2H3,(H,16,18)(H,20,21). The highest BCUT2D eigenvalue weighted by Crippen LogP contribution is 2.09. The molecule has 0 atom stereocenters. The molecule has 0 saturated heterocycles. The molecule has 2 N–H and O–H groups in total. The number of carboxylic acids is 1. The lowest BCUT2D eigenvalue weighted by molar-refractivity contribution is -0.132. The van der Waals surface area contributed by atoms with Crippen LogP contribution in [0.3, 0.4) is 0 Å². The van der Waals surface area contributed by atoms with Crippen LogP contribution in [0.4, 0.5) is 0 Å². The number of benzene rings is 1. The molecule has 0 spiro atoms. The van der Waals surface area contributed by atoms with Crippen molar-refractivity contribution >= 4 is 23.9 Å². The van der Waals surface area contributed by atoms with E-state index in [2.05, 4.69) is 5.32 Å². The first-order valence-corrected chi connectivity index (χ1v) is 6.37. The lowest BCUT2D eigenvalue weighted by atomic mass is 10.1. The third-order valence-corrected chi connectivity index (χ3v) is 2.70. The highest BCUT2D eigenvalue weighted by molar-refractivity contribution is 5.85. The average molecular weight is 290 g/mol. The molecule has 0 saturated carbocycles. The van der Waals surface area contributed by atoms with Gasteiger partial charge in [-0.15, -0.1) is 0 Å². The minimum atomic E-state index is -1.01. The molecule has 1 aromatic carbocycles. The van der Waals surface area contributed by atoms with E-state index >= 15 is 0 Å². The molecule has 0 aromatic heterocycles. The highest BCUT2D eigenvalue weighted by atomic mass is 16.4. The van der Waals surface area contributed by atoms with E-state index in [0.29, 0.717) is 6.54 Å². The van der Waals surface area contributed by atoms with Gasteiger partial charge in [-0.3, -0.25) is 9.59 Å². The number of hydrogen-bond acceptors (Lipinski definition) is 3. The van der Waals surface area contributed by atoms with E-state index in [0.717, 1.165) is 17.2 Å². The number of carbonyl (C=O) groups is 3. The Bertz CT molecular complexity index is 567. The maximum atomic E-state index is 11.8. The van der Waals surface area contributed by atoms with Gasteiger partial charge in [-0.25, -0.2) is 4.79 Å². The SMILES string of the molecule is CC(=O)NCC(=O)N(C)Cc1cccc(C=CC(=O)O)c1. The number of hydrogen-bond donors (Lipinski definition) is 2. The zero-order chi connectivity index (χ0) is 15.8. The van der Waals surface area contributed by atoms with E-state index in [1.165, 1.54) is 17.9 Å². The molecule has 0 heterocycles. The zero-order valence-corrected chi connectivity index (χ0v) is 12.0. The van der Waals surface area contributed by atoms with E-state index < -0.39 is 5.97 Å². The molecule has 1 rings (SSSR count). The number of carbonyl (C=O) groups excluding carboxylic acids is 2. The minimum absolute atomic E-state index is 0.0373. The molecular weight excluding hydrogens is 272 g/mol. The Hall–Kier alpha value is -2.63. The zero-order valence-electron chi connectivity index (χ0n) is 12.0. The Balaban J connectivity index is 2.65. The number of carboxylic acid groups (broad SMARTS) is 1. The fraction of sp³-hybridized carbons (Fsp3) is 0.267. The molecule has 112 valence electrons. The summed E-state index contributed by atoms with van der Waals surface area (Å²) in [6.07, 6.45) is 2.55. The second-order valence-electron chi connectivity index (χ2n) is 4.58. The first-order valence-electron chi connectivity index (χ1n) is 6.37. The van der Waals surface area contributed by atoms with Crippen molar-refractivity contribution in [1.29, 1.82) is 0 Å². The normalized spacial score (nSPS) is 10.4. The quantitative estimate of drug-likeness (QED) is 0.761. The minimum Gasteiger partial charge on any atom is -0.478 e.